The number of hydrogen-bond acceptors (Lipinski definition) is 7. The fourth-order valence-corrected chi connectivity index (χ4v) is 5.83. The van der Waals surface area contributed by atoms with E-state index in [1.165, 1.54) is 11.0 Å². The maximum atomic E-state index is 12.8. The highest BCUT2D eigenvalue weighted by Gasteiger charge is 2.33. The van der Waals surface area contributed by atoms with Crippen molar-refractivity contribution >= 4 is 27.3 Å². The van der Waals surface area contributed by atoms with E-state index in [9.17, 15) is 18.3 Å². The van der Waals surface area contributed by atoms with E-state index in [-0.39, 0.29) is 9.77 Å². The number of nitrogens with zero attached hydrogens (tertiary/aromatic N) is 3. The zero-order valence-electron chi connectivity index (χ0n) is 13.1. The molecule has 130 valence electrons. The van der Waals surface area contributed by atoms with Crippen molar-refractivity contribution in [2.45, 2.75) is 30.1 Å². The zero-order chi connectivity index (χ0) is 17.5. The molecule has 9 nitrogen and oxygen atoms in total. The van der Waals surface area contributed by atoms with Gasteiger partial charge in [-0.1, -0.05) is 0 Å². The van der Waals surface area contributed by atoms with Crippen molar-refractivity contribution < 1.29 is 18.3 Å². The van der Waals surface area contributed by atoms with Crippen LogP contribution in [0, 0.1) is 0 Å². The number of rotatable bonds is 5. The molecule has 0 spiro atoms. The molecular formula is C13H17N5O4S2. The van der Waals surface area contributed by atoms with Crippen molar-refractivity contribution in [3.63, 3.8) is 0 Å². The molecule has 3 N–H and O–H groups in total. The third-order valence-electron chi connectivity index (χ3n) is 3.82. The van der Waals surface area contributed by atoms with Gasteiger partial charge in [0.15, 0.2) is 0 Å². The van der Waals surface area contributed by atoms with Crippen LogP contribution in [-0.4, -0.2) is 40.8 Å². The van der Waals surface area contributed by atoms with Crippen LogP contribution in [0.2, 0.25) is 0 Å². The number of sulfonamides is 1. The highest BCUT2D eigenvalue weighted by molar-refractivity contribution is 7.91. The summed E-state index contributed by atoms with van der Waals surface area (Å²) >= 11 is 1.00. The number of carboxylic acids is 1. The van der Waals surface area contributed by atoms with Gasteiger partial charge in [0.05, 0.1) is 11.6 Å². The summed E-state index contributed by atoms with van der Waals surface area (Å²) in [5.41, 5.74) is 0.493. The Hall–Kier alpha value is -1.82. The number of aryl methyl sites for hydroxylation is 1. The van der Waals surface area contributed by atoms with Crippen molar-refractivity contribution in [2.24, 2.45) is 7.05 Å². The van der Waals surface area contributed by atoms with Gasteiger partial charge in [0.1, 0.15) is 16.4 Å². The Balaban J connectivity index is 1.99. The number of aromatic nitrogens is 3. The van der Waals surface area contributed by atoms with E-state index < -0.39 is 22.0 Å². The summed E-state index contributed by atoms with van der Waals surface area (Å²) in [4.78, 5) is 16.4. The molecule has 0 amide bonds. The van der Waals surface area contributed by atoms with Crippen LogP contribution in [0.3, 0.4) is 0 Å². The molecule has 0 radical (unpaired) electrons. The second-order valence-corrected chi connectivity index (χ2v) is 8.50. The average molecular weight is 371 g/mol. The molecule has 3 rings (SSSR count). The van der Waals surface area contributed by atoms with E-state index in [0.29, 0.717) is 30.9 Å². The van der Waals surface area contributed by atoms with Gasteiger partial charge in [0, 0.05) is 18.5 Å². The minimum absolute atomic E-state index is 0.117. The second kappa shape index (κ2) is 6.24. The molecule has 1 atom stereocenters. The topological polar surface area (TPSA) is 126 Å². The van der Waals surface area contributed by atoms with E-state index in [2.05, 4.69) is 20.1 Å². The van der Waals surface area contributed by atoms with Crippen molar-refractivity contribution in [1.82, 2.24) is 24.8 Å². The Bertz CT molecular complexity index is 886. The zero-order valence-corrected chi connectivity index (χ0v) is 14.7. The lowest BCUT2D eigenvalue weighted by molar-refractivity contribution is 0.0692. The van der Waals surface area contributed by atoms with Crippen LogP contribution >= 0.6 is 11.3 Å². The summed E-state index contributed by atoms with van der Waals surface area (Å²) in [6, 6.07) is -0.638. The first-order valence-corrected chi connectivity index (χ1v) is 9.56. The minimum atomic E-state index is -3.99. The highest BCUT2D eigenvalue weighted by atomic mass is 32.2. The SMILES string of the molecule is CC(NS(=O)(=O)c1sc2c(c1C(=O)O)CCNC2)c1ncnn1C. The molecular weight excluding hydrogens is 354 g/mol. The Morgan fingerprint density at radius 2 is 2.29 bits per heavy atom. The summed E-state index contributed by atoms with van der Waals surface area (Å²) in [5.74, 6) is -0.778. The Morgan fingerprint density at radius 1 is 1.54 bits per heavy atom. The molecule has 1 aliphatic heterocycles. The molecule has 11 heteroatoms. The van der Waals surface area contributed by atoms with Crippen LogP contribution in [0.5, 0.6) is 0 Å². The lowest BCUT2D eigenvalue weighted by Gasteiger charge is -2.13. The maximum Gasteiger partial charge on any atom is 0.338 e. The standard InChI is InChI=1S/C13H17N5O4S2/c1-7(11-15-6-16-18(11)2)17-24(21,22)13-10(12(19)20)8-3-4-14-5-9(8)23-13/h6-7,14,17H,3-5H2,1-2H3,(H,19,20). The molecule has 0 saturated carbocycles. The van der Waals surface area contributed by atoms with Crippen LogP contribution in [-0.2, 0) is 30.0 Å². The third-order valence-corrected chi connectivity index (χ3v) is 7.11. The van der Waals surface area contributed by atoms with Crippen LogP contribution in [0.25, 0.3) is 0 Å². The van der Waals surface area contributed by atoms with Gasteiger partial charge < -0.3 is 10.4 Å². The summed E-state index contributed by atoms with van der Waals surface area (Å²) in [6.45, 7) is 2.75. The van der Waals surface area contributed by atoms with Crippen molar-refractivity contribution in [1.29, 1.82) is 0 Å². The lowest BCUT2D eigenvalue weighted by Crippen LogP contribution is -2.29. The van der Waals surface area contributed by atoms with E-state index in [4.69, 9.17) is 0 Å². The van der Waals surface area contributed by atoms with Gasteiger partial charge in [0.2, 0.25) is 0 Å². The largest absolute Gasteiger partial charge is 0.478 e. The molecule has 3 heterocycles. The predicted octanol–water partition coefficient (Wildman–Crippen LogP) is 0.260. The lowest BCUT2D eigenvalue weighted by atomic mass is 10.1. The number of thiophene rings is 1. The van der Waals surface area contributed by atoms with Gasteiger partial charge in [-0.2, -0.15) is 9.82 Å². The summed E-state index contributed by atoms with van der Waals surface area (Å²) in [5, 5.41) is 16.5. The normalized spacial score (nSPS) is 15.9. The first-order valence-electron chi connectivity index (χ1n) is 7.26. The second-order valence-electron chi connectivity index (χ2n) is 5.48. The van der Waals surface area contributed by atoms with Crippen molar-refractivity contribution in [3.8, 4) is 0 Å². The predicted molar refractivity (Wildman–Crippen MR) is 86.4 cm³/mol. The number of carbonyl (C=O) groups is 1. The van der Waals surface area contributed by atoms with E-state index in [1.54, 1.807) is 14.0 Å². The molecule has 1 unspecified atom stereocenters. The van der Waals surface area contributed by atoms with Gasteiger partial charge >= 0.3 is 5.97 Å². The summed E-state index contributed by atoms with van der Waals surface area (Å²) in [6.07, 6.45) is 1.83. The van der Waals surface area contributed by atoms with Crippen molar-refractivity contribution in [3.05, 3.63) is 28.2 Å². The molecule has 2 aromatic rings. The summed E-state index contributed by atoms with van der Waals surface area (Å²) in [7, 11) is -2.34. The fourth-order valence-electron chi connectivity index (χ4n) is 2.75. The molecule has 2 aromatic heterocycles. The quantitative estimate of drug-likeness (QED) is 0.688. The average Bonchev–Trinajstić information content (AvgIpc) is 3.10. The van der Waals surface area contributed by atoms with Gasteiger partial charge in [-0.05, 0) is 25.5 Å². The Morgan fingerprint density at radius 3 is 2.92 bits per heavy atom. The Labute approximate surface area is 142 Å². The highest BCUT2D eigenvalue weighted by Crippen LogP contribution is 2.34. The Kier molecular flexibility index (Phi) is 4.42. The number of fused-ring (bicyclic) bond motifs is 1. The van der Waals surface area contributed by atoms with Gasteiger partial charge in [-0.25, -0.2) is 18.2 Å². The molecule has 24 heavy (non-hydrogen) atoms. The molecule has 0 bridgehead atoms. The molecule has 0 saturated heterocycles. The van der Waals surface area contributed by atoms with Crippen LogP contribution in [0.1, 0.15) is 39.6 Å². The number of carboxylic acid groups (broad SMARTS) is 1. The van der Waals surface area contributed by atoms with Gasteiger partial charge in [0.25, 0.3) is 10.0 Å². The fraction of sp³-hybridized carbons (Fsp3) is 0.462. The van der Waals surface area contributed by atoms with Gasteiger partial charge in [-0.15, -0.1) is 11.3 Å². The number of aromatic carboxylic acids is 1. The first-order chi connectivity index (χ1) is 11.3. The summed E-state index contributed by atoms with van der Waals surface area (Å²) < 4.78 is 29.3. The molecule has 0 fully saturated rings. The number of nitrogens with one attached hydrogen (secondary N) is 2. The van der Waals surface area contributed by atoms with E-state index >= 15 is 0 Å². The van der Waals surface area contributed by atoms with Gasteiger partial charge in [-0.3, -0.25) is 4.68 Å². The minimum Gasteiger partial charge on any atom is -0.478 e. The smallest absolute Gasteiger partial charge is 0.338 e. The third kappa shape index (κ3) is 2.95. The van der Waals surface area contributed by atoms with Crippen LogP contribution < -0.4 is 10.0 Å². The maximum absolute atomic E-state index is 12.8. The molecule has 0 aromatic carbocycles. The van der Waals surface area contributed by atoms with Crippen molar-refractivity contribution in [2.75, 3.05) is 6.54 Å². The molecule has 1 aliphatic rings. The van der Waals surface area contributed by atoms with E-state index in [1.807, 2.05) is 0 Å². The first kappa shape index (κ1) is 17.0. The molecule has 0 aliphatic carbocycles. The van der Waals surface area contributed by atoms with Crippen LogP contribution in [0.15, 0.2) is 10.5 Å². The monoisotopic (exact) mass is 371 g/mol. The van der Waals surface area contributed by atoms with E-state index in [0.717, 1.165) is 16.2 Å². The van der Waals surface area contributed by atoms with Crippen LogP contribution in [0.4, 0.5) is 0 Å². The number of hydrogen-bond donors (Lipinski definition) is 3.